The predicted octanol–water partition coefficient (Wildman–Crippen LogP) is 2.04. The van der Waals surface area contributed by atoms with E-state index in [0.29, 0.717) is 15.0 Å². The van der Waals surface area contributed by atoms with Crippen LogP contribution in [-0.2, 0) is 14.3 Å². The summed E-state index contributed by atoms with van der Waals surface area (Å²) < 4.78 is 10.1. The lowest BCUT2D eigenvalue weighted by Crippen LogP contribution is -2.42. The van der Waals surface area contributed by atoms with E-state index in [9.17, 15) is 9.59 Å². The number of carbonyl (C=O) groups excluding carboxylic acids is 2. The van der Waals surface area contributed by atoms with Crippen LogP contribution in [0.1, 0.15) is 12.7 Å². The summed E-state index contributed by atoms with van der Waals surface area (Å²) in [7, 11) is 1.27. The third kappa shape index (κ3) is 2.71. The van der Waals surface area contributed by atoms with E-state index >= 15 is 0 Å². The number of amides is 1. The molecule has 5 nitrogen and oxygen atoms in total. The minimum atomic E-state index is -0.736. The minimum Gasteiger partial charge on any atom is -0.467 e. The van der Waals surface area contributed by atoms with Crippen molar-refractivity contribution >= 4 is 46.3 Å². The molecule has 1 aromatic rings. The van der Waals surface area contributed by atoms with Gasteiger partial charge >= 0.3 is 5.97 Å². The van der Waals surface area contributed by atoms with Crippen LogP contribution >= 0.6 is 24.0 Å². The van der Waals surface area contributed by atoms with E-state index in [1.807, 2.05) is 0 Å². The number of ether oxygens (including phenoxy) is 1. The number of hydrogen-bond donors (Lipinski definition) is 0. The molecule has 1 aromatic heterocycles. The molecule has 100 valence electrons. The molecule has 1 aliphatic heterocycles. The van der Waals surface area contributed by atoms with Crippen LogP contribution in [0.4, 0.5) is 0 Å². The molecule has 1 unspecified atom stereocenters. The Morgan fingerprint density at radius 3 is 2.95 bits per heavy atom. The maximum Gasteiger partial charge on any atom is 0.328 e. The molecule has 0 aliphatic carbocycles. The highest BCUT2D eigenvalue weighted by Crippen LogP contribution is 2.34. The van der Waals surface area contributed by atoms with Crippen molar-refractivity contribution in [1.29, 1.82) is 0 Å². The molecule has 2 rings (SSSR count). The zero-order valence-corrected chi connectivity index (χ0v) is 11.9. The van der Waals surface area contributed by atoms with Crippen molar-refractivity contribution in [3.8, 4) is 0 Å². The van der Waals surface area contributed by atoms with Gasteiger partial charge in [0, 0.05) is 6.08 Å². The van der Waals surface area contributed by atoms with Gasteiger partial charge in [0.1, 0.15) is 16.1 Å². The molecule has 1 saturated heterocycles. The Balaban J connectivity index is 2.24. The van der Waals surface area contributed by atoms with E-state index in [1.54, 1.807) is 25.1 Å². The topological polar surface area (TPSA) is 59.8 Å². The molecular formula is C12H11NO4S2. The number of hydrogen-bond acceptors (Lipinski definition) is 6. The molecule has 0 saturated carbocycles. The Morgan fingerprint density at radius 2 is 2.37 bits per heavy atom. The van der Waals surface area contributed by atoms with Crippen LogP contribution < -0.4 is 0 Å². The van der Waals surface area contributed by atoms with Crippen molar-refractivity contribution in [1.82, 2.24) is 4.90 Å². The van der Waals surface area contributed by atoms with Gasteiger partial charge in [-0.2, -0.15) is 0 Å². The van der Waals surface area contributed by atoms with Gasteiger partial charge in [-0.05, 0) is 19.1 Å². The number of rotatable bonds is 3. The molecule has 2 heterocycles. The normalized spacial score (nSPS) is 19.1. The summed E-state index contributed by atoms with van der Waals surface area (Å²) in [6, 6.07) is 2.72. The highest BCUT2D eigenvalue weighted by atomic mass is 32.2. The molecule has 0 spiro atoms. The first-order valence-corrected chi connectivity index (χ1v) is 6.65. The second-order valence-corrected chi connectivity index (χ2v) is 5.44. The van der Waals surface area contributed by atoms with Crippen LogP contribution in [-0.4, -0.2) is 34.2 Å². The summed E-state index contributed by atoms with van der Waals surface area (Å²) in [5, 5.41) is 0. The van der Waals surface area contributed by atoms with Crippen LogP contribution in [0.2, 0.25) is 0 Å². The van der Waals surface area contributed by atoms with Gasteiger partial charge in [-0.25, -0.2) is 4.79 Å². The highest BCUT2D eigenvalue weighted by Gasteiger charge is 2.38. The first-order valence-electron chi connectivity index (χ1n) is 5.43. The van der Waals surface area contributed by atoms with Crippen LogP contribution in [0.3, 0.4) is 0 Å². The Hall–Kier alpha value is -1.60. The first-order chi connectivity index (χ1) is 9.04. The van der Waals surface area contributed by atoms with Crippen molar-refractivity contribution in [2.45, 2.75) is 13.0 Å². The van der Waals surface area contributed by atoms with Crippen LogP contribution in [0.25, 0.3) is 6.08 Å². The van der Waals surface area contributed by atoms with Crippen LogP contribution in [0, 0.1) is 0 Å². The number of thioether (sulfide) groups is 1. The Kier molecular flexibility index (Phi) is 4.06. The Bertz CT molecular complexity index is 550. The molecule has 0 N–H and O–H groups in total. The average Bonchev–Trinajstić information content (AvgIpc) is 2.98. The summed E-state index contributed by atoms with van der Waals surface area (Å²) in [6.45, 7) is 1.58. The molecule has 1 aliphatic rings. The minimum absolute atomic E-state index is 0.315. The molecule has 0 radical (unpaired) electrons. The highest BCUT2D eigenvalue weighted by molar-refractivity contribution is 8.26. The van der Waals surface area contributed by atoms with E-state index < -0.39 is 12.0 Å². The number of methoxy groups -OCH3 is 1. The second-order valence-electron chi connectivity index (χ2n) is 3.77. The average molecular weight is 297 g/mol. The third-order valence-corrected chi connectivity index (χ3v) is 3.90. The van der Waals surface area contributed by atoms with Gasteiger partial charge in [-0.15, -0.1) is 0 Å². The molecule has 0 aromatic carbocycles. The lowest BCUT2D eigenvalue weighted by atomic mass is 10.3. The summed E-state index contributed by atoms with van der Waals surface area (Å²) in [5.41, 5.74) is 0. The zero-order chi connectivity index (χ0) is 14.0. The summed E-state index contributed by atoms with van der Waals surface area (Å²) in [5.74, 6) is -0.258. The van der Waals surface area contributed by atoms with Crippen molar-refractivity contribution in [3.05, 3.63) is 29.1 Å². The number of thiocarbonyl (C=S) groups is 1. The van der Waals surface area contributed by atoms with Gasteiger partial charge in [0.05, 0.1) is 18.3 Å². The summed E-state index contributed by atoms with van der Waals surface area (Å²) in [4.78, 5) is 25.4. The van der Waals surface area contributed by atoms with Gasteiger partial charge in [-0.1, -0.05) is 24.0 Å². The van der Waals surface area contributed by atoms with E-state index in [1.165, 1.54) is 18.3 Å². The monoisotopic (exact) mass is 297 g/mol. The number of nitrogens with zero attached hydrogens (tertiary/aromatic N) is 1. The van der Waals surface area contributed by atoms with Gasteiger partial charge < -0.3 is 9.15 Å². The smallest absolute Gasteiger partial charge is 0.328 e. The first kappa shape index (κ1) is 13.8. The predicted molar refractivity (Wildman–Crippen MR) is 75.2 cm³/mol. The van der Waals surface area contributed by atoms with E-state index in [-0.39, 0.29) is 5.91 Å². The molecular weight excluding hydrogens is 286 g/mol. The molecule has 0 bridgehead atoms. The zero-order valence-electron chi connectivity index (χ0n) is 10.3. The van der Waals surface area contributed by atoms with Gasteiger partial charge in [-0.3, -0.25) is 9.69 Å². The summed E-state index contributed by atoms with van der Waals surface area (Å²) in [6.07, 6.45) is 3.12. The lowest BCUT2D eigenvalue weighted by Gasteiger charge is -2.20. The maximum absolute atomic E-state index is 12.2. The second kappa shape index (κ2) is 5.58. The van der Waals surface area contributed by atoms with Gasteiger partial charge in [0.15, 0.2) is 0 Å². The van der Waals surface area contributed by atoms with Crippen molar-refractivity contribution in [2.75, 3.05) is 7.11 Å². The maximum atomic E-state index is 12.2. The van der Waals surface area contributed by atoms with Crippen molar-refractivity contribution in [2.24, 2.45) is 0 Å². The molecule has 1 fully saturated rings. The van der Waals surface area contributed by atoms with E-state index in [2.05, 4.69) is 4.74 Å². The van der Waals surface area contributed by atoms with E-state index in [0.717, 1.165) is 11.8 Å². The van der Waals surface area contributed by atoms with Gasteiger partial charge in [0.2, 0.25) is 0 Å². The standard InChI is InChI=1S/C12H11NO4S2/c1-7(11(15)16-2)13-10(14)9(19-12(13)18)6-8-4-3-5-17-8/h3-7H,1-2H3/b9-6-. The largest absolute Gasteiger partial charge is 0.467 e. The Labute approximate surface area is 119 Å². The SMILES string of the molecule is COC(=O)C(C)N1C(=O)/C(=C/c2ccco2)SC1=S. The third-order valence-electron chi connectivity index (χ3n) is 2.57. The molecule has 1 amide bonds. The van der Waals surface area contributed by atoms with Crippen LogP contribution in [0.15, 0.2) is 27.7 Å². The molecule has 19 heavy (non-hydrogen) atoms. The Morgan fingerprint density at radius 1 is 1.63 bits per heavy atom. The van der Waals surface area contributed by atoms with Crippen LogP contribution in [0.5, 0.6) is 0 Å². The fraction of sp³-hybridized carbons (Fsp3) is 0.250. The fourth-order valence-corrected chi connectivity index (χ4v) is 2.99. The van der Waals surface area contributed by atoms with Gasteiger partial charge in [0.25, 0.3) is 5.91 Å². The lowest BCUT2D eigenvalue weighted by molar-refractivity contribution is -0.147. The number of furan rings is 1. The number of carbonyl (C=O) groups is 2. The van der Waals surface area contributed by atoms with Crippen molar-refractivity contribution < 1.29 is 18.7 Å². The quantitative estimate of drug-likeness (QED) is 0.483. The van der Waals surface area contributed by atoms with E-state index in [4.69, 9.17) is 16.6 Å². The number of esters is 1. The summed E-state index contributed by atoms with van der Waals surface area (Å²) >= 11 is 6.26. The van der Waals surface area contributed by atoms with Crippen molar-refractivity contribution in [3.63, 3.8) is 0 Å². The fourth-order valence-electron chi connectivity index (χ4n) is 1.59. The molecule has 7 heteroatoms. The molecule has 1 atom stereocenters.